The smallest absolute Gasteiger partial charge is 0.0736 e. The minimum Gasteiger partial charge on any atom is -0.314 e. The number of rotatable bonds is 5. The van der Waals surface area contributed by atoms with Gasteiger partial charge in [0.15, 0.2) is 0 Å². The van der Waals surface area contributed by atoms with Crippen LogP contribution in [0, 0.1) is 0 Å². The van der Waals surface area contributed by atoms with Gasteiger partial charge in [-0.25, -0.2) is 0 Å². The second-order valence-corrected chi connectivity index (χ2v) is 17.7. The average molecular weight is 792 g/mol. The van der Waals surface area contributed by atoms with Gasteiger partial charge >= 0.3 is 0 Å². The Morgan fingerprint density at radius 3 is 2.00 bits per heavy atom. The van der Waals surface area contributed by atoms with Crippen LogP contribution in [-0.2, 0) is 5.41 Å². The lowest BCUT2D eigenvalue weighted by Gasteiger charge is -2.40. The van der Waals surface area contributed by atoms with Crippen LogP contribution in [-0.4, -0.2) is 0 Å². The Kier molecular flexibility index (Phi) is 8.83. The fourth-order valence-corrected chi connectivity index (χ4v) is 12.0. The lowest BCUT2D eigenvalue weighted by molar-refractivity contribution is 0.722. The van der Waals surface area contributed by atoms with Crippen molar-refractivity contribution in [3.8, 4) is 22.3 Å². The minimum absolute atomic E-state index is 0.425. The second-order valence-electron chi connectivity index (χ2n) is 15.7. The Morgan fingerprint density at radius 1 is 0.542 bits per heavy atom. The van der Waals surface area contributed by atoms with E-state index in [9.17, 15) is 0 Å². The van der Waals surface area contributed by atoms with Gasteiger partial charge < -0.3 is 4.90 Å². The van der Waals surface area contributed by atoms with Crippen molar-refractivity contribution in [3.05, 3.63) is 245 Å². The Balaban J connectivity index is 1.04. The van der Waals surface area contributed by atoms with E-state index in [-0.39, 0.29) is 0 Å². The van der Waals surface area contributed by atoms with E-state index < -0.39 is 5.41 Å². The molecule has 4 aliphatic rings. The Labute approximate surface area is 355 Å². The van der Waals surface area contributed by atoms with Crippen LogP contribution in [0.5, 0.6) is 0 Å². The Hall–Kier alpha value is -6.26. The zero-order valence-electron chi connectivity index (χ0n) is 32.9. The molecule has 0 aromatic heterocycles. The van der Waals surface area contributed by atoms with E-state index in [0.717, 1.165) is 18.4 Å². The summed E-state index contributed by atoms with van der Waals surface area (Å²) < 4.78 is 0. The molecule has 2 aliphatic carbocycles. The maximum Gasteiger partial charge on any atom is 0.0736 e. The number of fused-ring (bicyclic) bond motifs is 10. The maximum absolute atomic E-state index is 4.37. The number of anilines is 2. The number of allylic oxidation sites excluding steroid dienone is 8. The van der Waals surface area contributed by atoms with Crippen LogP contribution < -0.4 is 4.90 Å². The van der Waals surface area contributed by atoms with Crippen molar-refractivity contribution in [2.45, 2.75) is 39.9 Å². The highest BCUT2D eigenvalue weighted by molar-refractivity contribution is 8.02. The van der Waals surface area contributed by atoms with Crippen molar-refractivity contribution >= 4 is 46.0 Å². The van der Waals surface area contributed by atoms with E-state index in [1.807, 2.05) is 11.8 Å². The number of para-hydroxylation sites is 1. The van der Waals surface area contributed by atoms with Crippen molar-refractivity contribution in [2.24, 2.45) is 0 Å². The first-order valence-electron chi connectivity index (χ1n) is 20.4. The first kappa shape index (κ1) is 35.9. The van der Waals surface area contributed by atoms with E-state index in [4.69, 9.17) is 0 Å². The van der Waals surface area contributed by atoms with E-state index >= 15 is 0 Å². The monoisotopic (exact) mass is 791 g/mol. The fourth-order valence-electron chi connectivity index (χ4n) is 9.85. The summed E-state index contributed by atoms with van der Waals surface area (Å²) in [4.78, 5) is 6.42. The van der Waals surface area contributed by atoms with Crippen molar-refractivity contribution in [1.29, 1.82) is 0 Å². The van der Waals surface area contributed by atoms with Gasteiger partial charge in [-0.05, 0) is 140 Å². The molecule has 0 amide bonds. The molecule has 0 atom stereocenters. The average Bonchev–Trinajstić information content (AvgIpc) is 3.56. The molecule has 0 unspecified atom stereocenters. The fraction of sp³-hybridized carbons (Fsp3) is 0.0714. The molecule has 59 heavy (non-hydrogen) atoms. The lowest BCUT2D eigenvalue weighted by atomic mass is 9.67. The number of nitrogens with zero attached hydrogens (tertiary/aromatic N) is 1. The predicted molar refractivity (Wildman–Crippen MR) is 251 cm³/mol. The molecule has 0 fully saturated rings. The van der Waals surface area contributed by atoms with Crippen LogP contribution in [0.3, 0.4) is 0 Å². The van der Waals surface area contributed by atoms with Crippen LogP contribution in [0.4, 0.5) is 11.4 Å². The summed E-state index contributed by atoms with van der Waals surface area (Å²) in [7, 11) is 0. The normalized spacial score (nSPS) is 16.8. The molecule has 0 radical (unpaired) electrons. The summed E-state index contributed by atoms with van der Waals surface area (Å²) in [5.41, 5.74) is 20.0. The van der Waals surface area contributed by atoms with Crippen molar-refractivity contribution in [1.82, 2.24) is 0 Å². The largest absolute Gasteiger partial charge is 0.314 e. The van der Waals surface area contributed by atoms with Gasteiger partial charge in [-0.15, -0.1) is 0 Å². The predicted octanol–water partition coefficient (Wildman–Crippen LogP) is 15.7. The molecule has 2 aliphatic heterocycles. The third-order valence-corrected chi connectivity index (χ3v) is 14.5. The summed E-state index contributed by atoms with van der Waals surface area (Å²) in [6.07, 6.45) is 10.6. The first-order chi connectivity index (χ1) is 29.1. The van der Waals surface area contributed by atoms with Gasteiger partial charge in [0.1, 0.15) is 0 Å². The molecule has 2 heterocycles. The molecule has 7 aromatic carbocycles. The van der Waals surface area contributed by atoms with Gasteiger partial charge in [-0.3, -0.25) is 0 Å². The summed E-state index contributed by atoms with van der Waals surface area (Å²) in [6.45, 7) is 6.67. The molecule has 1 spiro atoms. The van der Waals surface area contributed by atoms with Crippen molar-refractivity contribution < 1.29 is 0 Å². The van der Waals surface area contributed by atoms with Crippen LogP contribution in [0.15, 0.2) is 226 Å². The van der Waals surface area contributed by atoms with E-state index in [0.29, 0.717) is 0 Å². The minimum atomic E-state index is -0.425. The molecule has 0 N–H and O–H groups in total. The molecule has 3 heteroatoms. The lowest BCUT2D eigenvalue weighted by Crippen LogP contribution is -2.32. The Morgan fingerprint density at radius 2 is 1.20 bits per heavy atom. The highest BCUT2D eigenvalue weighted by Crippen LogP contribution is 2.62. The molecule has 7 aromatic rings. The molecule has 0 saturated heterocycles. The molecule has 282 valence electrons. The molecule has 0 bridgehead atoms. The van der Waals surface area contributed by atoms with Gasteiger partial charge in [0, 0.05) is 31.8 Å². The molecular weight excluding hydrogens is 751 g/mol. The zero-order valence-corrected chi connectivity index (χ0v) is 34.5. The Bertz CT molecular complexity index is 2930. The van der Waals surface area contributed by atoms with Crippen LogP contribution in [0.25, 0.3) is 33.4 Å². The van der Waals surface area contributed by atoms with Gasteiger partial charge in [-0.1, -0.05) is 176 Å². The third kappa shape index (κ3) is 5.79. The third-order valence-electron chi connectivity index (χ3n) is 12.4. The summed E-state index contributed by atoms with van der Waals surface area (Å²) in [5.74, 6) is 0. The molecular formula is C56H41NS2. The quantitative estimate of drug-likeness (QED) is 0.171. The van der Waals surface area contributed by atoms with Crippen LogP contribution in [0.2, 0.25) is 0 Å². The second kappa shape index (κ2) is 14.5. The number of hydrogen-bond donors (Lipinski definition) is 0. The topological polar surface area (TPSA) is 3.24 Å². The number of hydrogen-bond acceptors (Lipinski definition) is 3. The molecule has 11 rings (SSSR count). The van der Waals surface area contributed by atoms with Gasteiger partial charge in [0.25, 0.3) is 0 Å². The van der Waals surface area contributed by atoms with Crippen molar-refractivity contribution in [3.63, 3.8) is 0 Å². The maximum atomic E-state index is 4.37. The zero-order chi connectivity index (χ0) is 39.5. The first-order valence-corrected chi connectivity index (χ1v) is 22.1. The standard InChI is InChI=1S/C56H41NS2/c1-37-16-12-13-33-58-55-44(37)22-15-23-45(55)41-18-14-17-39(35-41)40-29-32-52(38(2)34-40)57(42-19-4-3-5-20-42)43-30-31-47-46-21-6-7-24-48(46)56(51(47)36-43)49-25-8-10-27-53(49)59-54-28-11-9-26-50(54)56/h3-28,30-31,33-36H,1,29,32H2,2H3/b16-12-,33-13-. The highest BCUT2D eigenvalue weighted by Gasteiger charge is 2.50. The van der Waals surface area contributed by atoms with Crippen LogP contribution >= 0.6 is 23.5 Å². The summed E-state index contributed by atoms with van der Waals surface area (Å²) in [6, 6.07) is 61.1. The number of thioether (sulfide) groups is 1. The summed E-state index contributed by atoms with van der Waals surface area (Å²) in [5, 5.41) is 2.17. The SMILES string of the molecule is C=C1/C=C\C=C/Sc2c1cccc2-c1cccc(C2=CC(C)=C(N(c3ccccc3)c3ccc4c(c3)C3(c5ccccc5Sc5ccccc53)c3ccccc3-4)CC2)c1. The number of benzene rings is 7. The van der Waals surface area contributed by atoms with E-state index in [1.54, 1.807) is 11.8 Å². The van der Waals surface area contributed by atoms with Gasteiger partial charge in [0.05, 0.1) is 5.41 Å². The van der Waals surface area contributed by atoms with E-state index in [1.165, 1.54) is 98.5 Å². The van der Waals surface area contributed by atoms with Gasteiger partial charge in [-0.2, -0.15) is 0 Å². The molecule has 0 saturated carbocycles. The molecule has 1 nitrogen and oxygen atoms in total. The van der Waals surface area contributed by atoms with Gasteiger partial charge in [0.2, 0.25) is 0 Å². The summed E-state index contributed by atoms with van der Waals surface area (Å²) >= 11 is 3.67. The highest BCUT2D eigenvalue weighted by atomic mass is 32.2. The van der Waals surface area contributed by atoms with Crippen LogP contribution in [0.1, 0.15) is 53.1 Å². The van der Waals surface area contributed by atoms with Crippen molar-refractivity contribution in [2.75, 3.05) is 4.90 Å². The van der Waals surface area contributed by atoms with E-state index in [2.05, 4.69) is 212 Å².